The standard InChI is InChI=1S/C13H19N3O2S/c1-8(2)11-12(19-15-14-11)13(18)16(3)9-4-6-10(17)7-5-9/h8-9H,4-7H2,1-3H3. The molecule has 0 atom stereocenters. The molecule has 0 radical (unpaired) electrons. The van der Waals surface area contributed by atoms with Crippen LogP contribution in [0.15, 0.2) is 0 Å². The molecule has 1 aromatic rings. The molecule has 19 heavy (non-hydrogen) atoms. The van der Waals surface area contributed by atoms with Gasteiger partial charge in [0.2, 0.25) is 0 Å². The Morgan fingerprint density at radius 1 is 1.37 bits per heavy atom. The van der Waals surface area contributed by atoms with Crippen LogP contribution in [0.25, 0.3) is 0 Å². The third kappa shape index (κ3) is 3.00. The summed E-state index contributed by atoms with van der Waals surface area (Å²) in [6.45, 7) is 4.01. The molecule has 1 aliphatic carbocycles. The molecule has 0 saturated heterocycles. The van der Waals surface area contributed by atoms with E-state index in [2.05, 4.69) is 9.59 Å². The first-order valence-electron chi connectivity index (χ1n) is 6.61. The number of carbonyl (C=O) groups excluding carboxylic acids is 2. The number of hydrogen-bond acceptors (Lipinski definition) is 5. The Labute approximate surface area is 117 Å². The topological polar surface area (TPSA) is 63.2 Å². The molecule has 1 fully saturated rings. The number of ketones is 1. The van der Waals surface area contributed by atoms with Crippen molar-refractivity contribution in [3.8, 4) is 0 Å². The molecular weight excluding hydrogens is 262 g/mol. The molecule has 0 N–H and O–H groups in total. The fourth-order valence-corrected chi connectivity index (χ4v) is 3.16. The van der Waals surface area contributed by atoms with Crippen molar-refractivity contribution in [1.82, 2.24) is 14.5 Å². The summed E-state index contributed by atoms with van der Waals surface area (Å²) in [5, 5.41) is 4.04. The summed E-state index contributed by atoms with van der Waals surface area (Å²) >= 11 is 1.16. The van der Waals surface area contributed by atoms with Gasteiger partial charge in [0.05, 0.1) is 5.69 Å². The van der Waals surface area contributed by atoms with Crippen molar-refractivity contribution in [2.24, 2.45) is 0 Å². The van der Waals surface area contributed by atoms with Gasteiger partial charge in [0.25, 0.3) is 5.91 Å². The van der Waals surface area contributed by atoms with E-state index in [-0.39, 0.29) is 17.9 Å². The van der Waals surface area contributed by atoms with E-state index in [9.17, 15) is 9.59 Å². The molecule has 1 saturated carbocycles. The second-order valence-corrected chi connectivity index (χ2v) is 6.08. The Bertz CT molecular complexity index is 474. The SMILES string of the molecule is CC(C)c1nnsc1C(=O)N(C)C1CCC(=O)CC1. The molecule has 1 heterocycles. The Kier molecular flexibility index (Phi) is 4.29. The van der Waals surface area contributed by atoms with Crippen LogP contribution in [0.1, 0.15) is 60.8 Å². The molecule has 0 aliphatic heterocycles. The first kappa shape index (κ1) is 14.1. The average molecular weight is 281 g/mol. The van der Waals surface area contributed by atoms with E-state index >= 15 is 0 Å². The lowest BCUT2D eigenvalue weighted by atomic mass is 9.93. The molecule has 0 aromatic carbocycles. The van der Waals surface area contributed by atoms with E-state index in [0.29, 0.717) is 23.5 Å². The second-order valence-electron chi connectivity index (χ2n) is 5.33. The highest BCUT2D eigenvalue weighted by Crippen LogP contribution is 2.25. The third-order valence-electron chi connectivity index (χ3n) is 3.64. The van der Waals surface area contributed by atoms with E-state index in [1.807, 2.05) is 20.9 Å². The predicted octanol–water partition coefficient (Wildman–Crippen LogP) is 2.25. The molecule has 0 unspecified atom stereocenters. The lowest BCUT2D eigenvalue weighted by molar-refractivity contribution is -0.121. The minimum absolute atomic E-state index is 0.0157. The summed E-state index contributed by atoms with van der Waals surface area (Å²) in [5.74, 6) is 0.483. The summed E-state index contributed by atoms with van der Waals surface area (Å²) in [4.78, 5) is 26.1. The zero-order chi connectivity index (χ0) is 14.0. The highest BCUT2D eigenvalue weighted by atomic mass is 32.1. The van der Waals surface area contributed by atoms with Gasteiger partial charge in [-0.2, -0.15) is 0 Å². The number of aromatic nitrogens is 2. The molecule has 104 valence electrons. The zero-order valence-electron chi connectivity index (χ0n) is 11.5. The Morgan fingerprint density at radius 3 is 2.58 bits per heavy atom. The highest BCUT2D eigenvalue weighted by Gasteiger charge is 2.29. The van der Waals surface area contributed by atoms with Gasteiger partial charge < -0.3 is 4.90 Å². The van der Waals surface area contributed by atoms with Crippen molar-refractivity contribution < 1.29 is 9.59 Å². The van der Waals surface area contributed by atoms with Crippen LogP contribution < -0.4 is 0 Å². The van der Waals surface area contributed by atoms with Crippen molar-refractivity contribution in [1.29, 1.82) is 0 Å². The molecule has 1 aromatic heterocycles. The predicted molar refractivity (Wildman–Crippen MR) is 73.4 cm³/mol. The van der Waals surface area contributed by atoms with Gasteiger partial charge >= 0.3 is 0 Å². The highest BCUT2D eigenvalue weighted by molar-refractivity contribution is 7.08. The van der Waals surface area contributed by atoms with Gasteiger partial charge in [0.15, 0.2) is 0 Å². The molecule has 5 nitrogen and oxygen atoms in total. The van der Waals surface area contributed by atoms with Gasteiger partial charge in [0.1, 0.15) is 10.7 Å². The minimum Gasteiger partial charge on any atom is -0.338 e. The normalized spacial score (nSPS) is 16.9. The third-order valence-corrected chi connectivity index (χ3v) is 4.36. The maximum atomic E-state index is 12.5. The van der Waals surface area contributed by atoms with Gasteiger partial charge in [-0.15, -0.1) is 5.10 Å². The minimum atomic E-state index is -0.0157. The van der Waals surface area contributed by atoms with Crippen molar-refractivity contribution in [2.75, 3.05) is 7.05 Å². The van der Waals surface area contributed by atoms with Crippen molar-refractivity contribution in [3.05, 3.63) is 10.6 Å². The lowest BCUT2D eigenvalue weighted by Crippen LogP contribution is -2.39. The van der Waals surface area contributed by atoms with E-state index in [1.165, 1.54) is 0 Å². The molecule has 2 rings (SSSR count). The van der Waals surface area contributed by atoms with Gasteiger partial charge in [-0.25, -0.2) is 0 Å². The van der Waals surface area contributed by atoms with E-state index in [0.717, 1.165) is 30.1 Å². The van der Waals surface area contributed by atoms with Crippen LogP contribution >= 0.6 is 11.5 Å². The smallest absolute Gasteiger partial charge is 0.267 e. The van der Waals surface area contributed by atoms with Crippen LogP contribution in [-0.4, -0.2) is 39.3 Å². The van der Waals surface area contributed by atoms with Crippen LogP contribution in [-0.2, 0) is 4.79 Å². The number of hydrogen-bond donors (Lipinski definition) is 0. The van der Waals surface area contributed by atoms with Gasteiger partial charge in [0, 0.05) is 25.9 Å². The first-order valence-corrected chi connectivity index (χ1v) is 7.39. The molecule has 6 heteroatoms. The van der Waals surface area contributed by atoms with Gasteiger partial charge in [-0.3, -0.25) is 9.59 Å². The van der Waals surface area contributed by atoms with Crippen LogP contribution in [0.2, 0.25) is 0 Å². The van der Waals surface area contributed by atoms with Crippen LogP contribution in [0.3, 0.4) is 0 Å². The maximum Gasteiger partial charge on any atom is 0.267 e. The van der Waals surface area contributed by atoms with E-state index in [1.54, 1.807) is 4.90 Å². The van der Waals surface area contributed by atoms with Crippen LogP contribution in [0, 0.1) is 0 Å². The number of rotatable bonds is 3. The summed E-state index contributed by atoms with van der Waals surface area (Å²) < 4.78 is 3.89. The second kappa shape index (κ2) is 5.77. The Hall–Kier alpha value is -1.30. The largest absolute Gasteiger partial charge is 0.338 e. The Morgan fingerprint density at radius 2 is 2.00 bits per heavy atom. The summed E-state index contributed by atoms with van der Waals surface area (Å²) in [5.41, 5.74) is 0.772. The molecule has 1 amide bonds. The molecule has 0 spiro atoms. The van der Waals surface area contributed by atoms with Crippen LogP contribution in [0.5, 0.6) is 0 Å². The summed E-state index contributed by atoms with van der Waals surface area (Å²) in [7, 11) is 1.81. The number of nitrogens with zero attached hydrogens (tertiary/aromatic N) is 3. The van der Waals surface area contributed by atoms with Crippen molar-refractivity contribution >= 4 is 23.2 Å². The Balaban J connectivity index is 2.10. The first-order chi connectivity index (χ1) is 9.00. The quantitative estimate of drug-likeness (QED) is 0.852. The fraction of sp³-hybridized carbons (Fsp3) is 0.692. The fourth-order valence-electron chi connectivity index (χ4n) is 2.36. The van der Waals surface area contributed by atoms with E-state index < -0.39 is 0 Å². The van der Waals surface area contributed by atoms with E-state index in [4.69, 9.17) is 0 Å². The summed E-state index contributed by atoms with van der Waals surface area (Å²) in [6.07, 6.45) is 2.70. The lowest BCUT2D eigenvalue weighted by Gasteiger charge is -2.30. The number of carbonyl (C=O) groups is 2. The average Bonchev–Trinajstić information content (AvgIpc) is 2.87. The molecule has 1 aliphatic rings. The summed E-state index contributed by atoms with van der Waals surface area (Å²) in [6, 6.07) is 0.160. The van der Waals surface area contributed by atoms with Gasteiger partial charge in [-0.1, -0.05) is 18.3 Å². The monoisotopic (exact) mass is 281 g/mol. The molecule has 0 bridgehead atoms. The van der Waals surface area contributed by atoms with Crippen molar-refractivity contribution in [3.63, 3.8) is 0 Å². The number of amides is 1. The molecular formula is C13H19N3O2S. The number of Topliss-reactive ketones (excluding diaryl/α,β-unsaturated/α-hetero) is 1. The van der Waals surface area contributed by atoms with Crippen LogP contribution in [0.4, 0.5) is 0 Å². The van der Waals surface area contributed by atoms with Gasteiger partial charge in [-0.05, 0) is 30.3 Å². The maximum absolute atomic E-state index is 12.5. The van der Waals surface area contributed by atoms with Crippen molar-refractivity contribution in [2.45, 2.75) is 51.5 Å². The zero-order valence-corrected chi connectivity index (χ0v) is 12.4.